The van der Waals surface area contributed by atoms with E-state index < -0.39 is 0 Å². The van der Waals surface area contributed by atoms with Gasteiger partial charge in [-0.05, 0) is 55.0 Å². The molecule has 0 saturated heterocycles. The molecule has 0 aliphatic heterocycles. The lowest BCUT2D eigenvalue weighted by Crippen LogP contribution is -2.15. The summed E-state index contributed by atoms with van der Waals surface area (Å²) in [5.41, 5.74) is 4.23. The van der Waals surface area contributed by atoms with Crippen molar-refractivity contribution in [2.24, 2.45) is 0 Å². The topological polar surface area (TPSA) is 84.7 Å². The molecule has 32 heavy (non-hydrogen) atoms. The summed E-state index contributed by atoms with van der Waals surface area (Å²) in [7, 11) is 0. The van der Waals surface area contributed by atoms with Crippen LogP contribution in [0.4, 0.5) is 11.4 Å². The van der Waals surface area contributed by atoms with Gasteiger partial charge in [-0.1, -0.05) is 28.1 Å². The zero-order valence-corrected chi connectivity index (χ0v) is 19.1. The number of hydrogen-bond donors (Lipinski definition) is 2. The molecule has 2 heterocycles. The Hall–Kier alpha value is -3.65. The highest BCUT2D eigenvalue weighted by molar-refractivity contribution is 9.10. The average Bonchev–Trinajstić information content (AvgIpc) is 3.16. The molecule has 0 aliphatic carbocycles. The number of hydrogen-bond acceptors (Lipinski definition) is 4. The first-order valence-electron chi connectivity index (χ1n) is 9.93. The van der Waals surface area contributed by atoms with Crippen LogP contribution in [0.2, 0.25) is 0 Å². The summed E-state index contributed by atoms with van der Waals surface area (Å²) in [5, 5.41) is 5.56. The van der Waals surface area contributed by atoms with Crippen molar-refractivity contribution < 1.29 is 14.3 Å². The predicted molar refractivity (Wildman–Crippen MR) is 127 cm³/mol. The molecule has 8 heteroatoms. The van der Waals surface area contributed by atoms with Gasteiger partial charge in [-0.25, -0.2) is 4.98 Å². The standard InChI is InChI=1S/C24H21BrN4O3/c1-15-6-9-23-27-19(13-29(23)12-15)14-32-20-5-3-4-17(10-20)24(31)28-22-11-18(25)7-8-21(22)26-16(2)30/h3-13H,14H2,1-2H3,(H,26,30)(H,28,31). The Kier molecular flexibility index (Phi) is 6.23. The Labute approximate surface area is 193 Å². The Bertz CT molecular complexity index is 1320. The highest BCUT2D eigenvalue weighted by Crippen LogP contribution is 2.27. The Balaban J connectivity index is 1.47. The van der Waals surface area contributed by atoms with Crippen LogP contribution in [0.5, 0.6) is 5.75 Å². The lowest BCUT2D eigenvalue weighted by atomic mass is 10.2. The molecule has 2 amide bonds. The van der Waals surface area contributed by atoms with Crippen molar-refractivity contribution in [3.63, 3.8) is 0 Å². The summed E-state index contributed by atoms with van der Waals surface area (Å²) in [6.07, 6.45) is 3.93. The van der Waals surface area contributed by atoms with Gasteiger partial charge in [0, 0.05) is 29.4 Å². The molecule has 0 saturated carbocycles. The molecular weight excluding hydrogens is 472 g/mol. The maximum Gasteiger partial charge on any atom is 0.255 e. The monoisotopic (exact) mass is 492 g/mol. The fourth-order valence-electron chi connectivity index (χ4n) is 3.22. The highest BCUT2D eigenvalue weighted by Gasteiger charge is 2.12. The van der Waals surface area contributed by atoms with Crippen molar-refractivity contribution in [3.8, 4) is 5.75 Å². The molecule has 2 N–H and O–H groups in total. The molecule has 0 fully saturated rings. The summed E-state index contributed by atoms with van der Waals surface area (Å²) < 4.78 is 8.61. The molecule has 0 radical (unpaired) electrons. The number of aryl methyl sites for hydroxylation is 1. The summed E-state index contributed by atoms with van der Waals surface area (Å²) in [6, 6.07) is 16.1. The zero-order valence-electron chi connectivity index (χ0n) is 17.6. The second-order valence-electron chi connectivity index (χ2n) is 7.35. The number of aromatic nitrogens is 2. The molecule has 0 bridgehead atoms. The highest BCUT2D eigenvalue weighted by atomic mass is 79.9. The number of pyridine rings is 1. The van der Waals surface area contributed by atoms with Crippen LogP contribution in [-0.4, -0.2) is 21.2 Å². The number of nitrogens with zero attached hydrogens (tertiary/aromatic N) is 2. The van der Waals surface area contributed by atoms with Crippen molar-refractivity contribution in [3.05, 3.63) is 88.3 Å². The van der Waals surface area contributed by atoms with Gasteiger partial charge in [-0.3, -0.25) is 9.59 Å². The number of fused-ring (bicyclic) bond motifs is 1. The van der Waals surface area contributed by atoms with E-state index in [1.165, 1.54) is 6.92 Å². The number of carbonyl (C=O) groups is 2. The lowest BCUT2D eigenvalue weighted by Gasteiger charge is -2.12. The number of benzene rings is 2. The predicted octanol–water partition coefficient (Wildman–Crippen LogP) is 5.19. The molecule has 4 aromatic rings. The van der Waals surface area contributed by atoms with Crippen molar-refractivity contribution in [2.45, 2.75) is 20.5 Å². The first kappa shape index (κ1) is 21.6. The number of nitrogens with one attached hydrogen (secondary N) is 2. The van der Waals surface area contributed by atoms with Gasteiger partial charge in [0.1, 0.15) is 18.0 Å². The van der Waals surface area contributed by atoms with Crippen molar-refractivity contribution in [2.75, 3.05) is 10.6 Å². The Morgan fingerprint density at radius 1 is 1.03 bits per heavy atom. The molecule has 162 valence electrons. The summed E-state index contributed by atoms with van der Waals surface area (Å²) >= 11 is 3.39. The maximum absolute atomic E-state index is 12.8. The van der Waals surface area contributed by atoms with Crippen LogP contribution in [0.15, 0.2) is 71.5 Å². The van der Waals surface area contributed by atoms with E-state index in [-0.39, 0.29) is 18.4 Å². The molecule has 4 rings (SSSR count). The molecule has 7 nitrogen and oxygen atoms in total. The van der Waals surface area contributed by atoms with Crippen LogP contribution in [-0.2, 0) is 11.4 Å². The normalized spacial score (nSPS) is 10.7. The van der Waals surface area contributed by atoms with Crippen molar-refractivity contribution >= 4 is 44.8 Å². The number of imidazole rings is 1. The number of rotatable bonds is 6. The summed E-state index contributed by atoms with van der Waals surface area (Å²) in [4.78, 5) is 28.8. The van der Waals surface area contributed by atoms with Crippen LogP contribution in [0, 0.1) is 6.92 Å². The quantitative estimate of drug-likeness (QED) is 0.387. The molecular formula is C24H21BrN4O3. The minimum absolute atomic E-state index is 0.222. The van der Waals surface area contributed by atoms with Gasteiger partial charge in [0.25, 0.3) is 5.91 Å². The second kappa shape index (κ2) is 9.23. The van der Waals surface area contributed by atoms with E-state index >= 15 is 0 Å². The second-order valence-corrected chi connectivity index (χ2v) is 8.26. The first-order chi connectivity index (χ1) is 15.4. The number of amides is 2. The van der Waals surface area contributed by atoms with Gasteiger partial charge in [0.2, 0.25) is 5.91 Å². The van der Waals surface area contributed by atoms with E-state index in [9.17, 15) is 9.59 Å². The van der Waals surface area contributed by atoms with Crippen molar-refractivity contribution in [1.29, 1.82) is 0 Å². The van der Waals surface area contributed by atoms with Gasteiger partial charge in [-0.2, -0.15) is 0 Å². The van der Waals surface area contributed by atoms with Gasteiger partial charge in [-0.15, -0.1) is 0 Å². The van der Waals surface area contributed by atoms with Gasteiger partial charge < -0.3 is 19.8 Å². The average molecular weight is 493 g/mol. The number of halogens is 1. The Morgan fingerprint density at radius 3 is 2.69 bits per heavy atom. The van der Waals surface area contributed by atoms with Gasteiger partial charge in [0.15, 0.2) is 0 Å². The molecule has 2 aromatic heterocycles. The first-order valence-corrected chi connectivity index (χ1v) is 10.7. The molecule has 0 unspecified atom stereocenters. The third kappa shape index (κ3) is 5.15. The largest absolute Gasteiger partial charge is 0.487 e. The van der Waals surface area contributed by atoms with Crippen molar-refractivity contribution in [1.82, 2.24) is 9.38 Å². The fraction of sp³-hybridized carbons (Fsp3) is 0.125. The van der Waals surface area contributed by atoms with Crippen LogP contribution in [0.1, 0.15) is 28.5 Å². The molecule has 0 spiro atoms. The third-order valence-electron chi connectivity index (χ3n) is 4.67. The minimum Gasteiger partial charge on any atom is -0.487 e. The smallest absolute Gasteiger partial charge is 0.255 e. The Morgan fingerprint density at radius 2 is 1.88 bits per heavy atom. The van der Waals surface area contributed by atoms with Gasteiger partial charge in [0.05, 0.1) is 17.1 Å². The summed E-state index contributed by atoms with van der Waals surface area (Å²) in [5.74, 6) is 0.0193. The van der Waals surface area contributed by atoms with Crippen LogP contribution in [0.25, 0.3) is 5.65 Å². The van der Waals surface area contributed by atoms with E-state index in [1.807, 2.05) is 35.9 Å². The fourth-order valence-corrected chi connectivity index (χ4v) is 3.58. The van der Waals surface area contributed by atoms with E-state index in [1.54, 1.807) is 42.5 Å². The van der Waals surface area contributed by atoms with Crippen LogP contribution < -0.4 is 15.4 Å². The van der Waals surface area contributed by atoms with Crippen LogP contribution in [0.3, 0.4) is 0 Å². The third-order valence-corrected chi connectivity index (χ3v) is 5.17. The van der Waals surface area contributed by atoms with Crippen LogP contribution >= 0.6 is 15.9 Å². The lowest BCUT2D eigenvalue weighted by molar-refractivity contribution is -0.114. The van der Waals surface area contributed by atoms with E-state index in [4.69, 9.17) is 4.74 Å². The van der Waals surface area contributed by atoms with Gasteiger partial charge >= 0.3 is 0 Å². The number of anilines is 2. The summed E-state index contributed by atoms with van der Waals surface area (Å²) in [6.45, 7) is 3.72. The minimum atomic E-state index is -0.316. The molecule has 0 atom stereocenters. The van der Waals surface area contributed by atoms with E-state index in [0.717, 1.165) is 21.4 Å². The van der Waals surface area contributed by atoms with E-state index in [2.05, 4.69) is 31.5 Å². The maximum atomic E-state index is 12.8. The molecule has 0 aliphatic rings. The SMILES string of the molecule is CC(=O)Nc1ccc(Br)cc1NC(=O)c1cccc(OCc2cn3cc(C)ccc3n2)c1. The number of carbonyl (C=O) groups excluding carboxylic acids is 2. The zero-order chi connectivity index (χ0) is 22.7. The molecule has 2 aromatic carbocycles. The van der Waals surface area contributed by atoms with E-state index in [0.29, 0.717) is 22.7 Å². The number of ether oxygens (including phenoxy) is 1.